The summed E-state index contributed by atoms with van der Waals surface area (Å²) < 4.78 is 36.0. The molecule has 0 fully saturated rings. The van der Waals surface area contributed by atoms with E-state index in [1.54, 1.807) is 0 Å². The van der Waals surface area contributed by atoms with Crippen LogP contribution in [0.1, 0.15) is 60.8 Å². The van der Waals surface area contributed by atoms with Crippen LogP contribution in [0, 0.1) is 10.8 Å². The second-order valence-electron chi connectivity index (χ2n) is 7.28. The fraction of sp³-hybridized carbons (Fsp3) is 0.933. The van der Waals surface area contributed by atoms with Crippen molar-refractivity contribution in [3.05, 3.63) is 0 Å². The van der Waals surface area contributed by atoms with Crippen LogP contribution in [0.2, 0.25) is 0 Å². The van der Waals surface area contributed by atoms with Crippen LogP contribution in [0.3, 0.4) is 0 Å². The standard InChI is InChI=1S/C15H30O6S/c1-7-13(3,4)10-15(11-16,14(5,6)8-2)21-12(17)9-22(18,19)20/h16H,7-11H2,1-6H3,(H,18,19,20). The Balaban J connectivity index is 5.64. The highest BCUT2D eigenvalue weighted by Gasteiger charge is 2.50. The SMILES string of the molecule is CCC(C)(C)CC(CO)(OC(=O)CS(=O)(=O)O)C(C)(C)CC. The zero-order valence-corrected chi connectivity index (χ0v) is 15.3. The first kappa shape index (κ1) is 21.3. The van der Waals surface area contributed by atoms with E-state index in [0.29, 0.717) is 12.8 Å². The number of carbonyl (C=O) groups excluding carboxylic acids is 1. The predicted octanol–water partition coefficient (Wildman–Crippen LogP) is 2.41. The Bertz CT molecular complexity index is 480. The Morgan fingerprint density at radius 1 is 1.09 bits per heavy atom. The van der Waals surface area contributed by atoms with Crippen LogP contribution < -0.4 is 0 Å². The minimum atomic E-state index is -4.46. The molecule has 0 amide bonds. The highest BCUT2D eigenvalue weighted by molar-refractivity contribution is 7.86. The number of hydrogen-bond acceptors (Lipinski definition) is 5. The number of hydrogen-bond donors (Lipinski definition) is 2. The lowest BCUT2D eigenvalue weighted by Gasteiger charge is -2.48. The summed E-state index contributed by atoms with van der Waals surface area (Å²) in [5, 5.41) is 9.96. The molecule has 0 aromatic rings. The lowest BCUT2D eigenvalue weighted by Crippen LogP contribution is -2.54. The summed E-state index contributed by atoms with van der Waals surface area (Å²) in [7, 11) is -4.46. The maximum absolute atomic E-state index is 11.9. The van der Waals surface area contributed by atoms with Crippen LogP contribution in [0.25, 0.3) is 0 Å². The summed E-state index contributed by atoms with van der Waals surface area (Å²) in [4.78, 5) is 11.9. The van der Waals surface area contributed by atoms with Crippen molar-refractivity contribution in [1.82, 2.24) is 0 Å². The van der Waals surface area contributed by atoms with Crippen LogP contribution in [0.4, 0.5) is 0 Å². The van der Waals surface area contributed by atoms with Crippen molar-refractivity contribution in [2.45, 2.75) is 66.4 Å². The number of rotatable bonds is 9. The molecule has 0 aromatic carbocycles. The zero-order valence-electron chi connectivity index (χ0n) is 14.5. The number of ether oxygens (including phenoxy) is 1. The van der Waals surface area contributed by atoms with Gasteiger partial charge in [0.05, 0.1) is 6.61 Å². The lowest BCUT2D eigenvalue weighted by molar-refractivity contribution is -0.189. The van der Waals surface area contributed by atoms with E-state index >= 15 is 0 Å². The van der Waals surface area contributed by atoms with Crippen LogP contribution in [-0.4, -0.2) is 42.0 Å². The van der Waals surface area contributed by atoms with Crippen molar-refractivity contribution in [2.75, 3.05) is 12.4 Å². The summed E-state index contributed by atoms with van der Waals surface area (Å²) in [5.74, 6) is -2.16. The molecule has 0 aliphatic carbocycles. The van der Waals surface area contributed by atoms with E-state index in [1.807, 2.05) is 41.5 Å². The van der Waals surface area contributed by atoms with Gasteiger partial charge in [0.2, 0.25) is 0 Å². The van der Waals surface area contributed by atoms with Crippen molar-refractivity contribution >= 4 is 16.1 Å². The maximum Gasteiger partial charge on any atom is 0.324 e. The molecular formula is C15H30O6S. The van der Waals surface area contributed by atoms with E-state index in [9.17, 15) is 18.3 Å². The van der Waals surface area contributed by atoms with E-state index in [4.69, 9.17) is 9.29 Å². The van der Waals surface area contributed by atoms with Crippen LogP contribution in [-0.2, 0) is 19.6 Å². The molecule has 0 radical (unpaired) electrons. The number of esters is 1. The fourth-order valence-electron chi connectivity index (χ4n) is 2.33. The van der Waals surface area contributed by atoms with Crippen LogP contribution >= 0.6 is 0 Å². The monoisotopic (exact) mass is 338 g/mol. The number of aliphatic hydroxyl groups is 1. The zero-order chi connectivity index (χ0) is 17.8. The second-order valence-corrected chi connectivity index (χ2v) is 8.74. The van der Waals surface area contributed by atoms with E-state index in [0.717, 1.165) is 6.42 Å². The third-order valence-corrected chi connectivity index (χ3v) is 5.30. The van der Waals surface area contributed by atoms with Crippen molar-refractivity contribution in [1.29, 1.82) is 0 Å². The number of carbonyl (C=O) groups is 1. The predicted molar refractivity (Wildman–Crippen MR) is 85.1 cm³/mol. The van der Waals surface area contributed by atoms with E-state index in [2.05, 4.69) is 0 Å². The highest BCUT2D eigenvalue weighted by Crippen LogP contribution is 2.45. The molecule has 0 aliphatic heterocycles. The molecule has 0 bridgehead atoms. The summed E-state index contributed by atoms with van der Waals surface area (Å²) in [5.41, 5.74) is -1.96. The van der Waals surface area contributed by atoms with Crippen molar-refractivity contribution < 1.29 is 27.6 Å². The summed E-state index contributed by atoms with van der Waals surface area (Å²) in [6, 6.07) is 0. The first-order valence-electron chi connectivity index (χ1n) is 7.52. The maximum atomic E-state index is 11.9. The average Bonchev–Trinajstić information content (AvgIpc) is 2.35. The molecule has 132 valence electrons. The molecule has 22 heavy (non-hydrogen) atoms. The van der Waals surface area contributed by atoms with Crippen LogP contribution in [0.5, 0.6) is 0 Å². The smallest absolute Gasteiger partial charge is 0.324 e. The third kappa shape index (κ3) is 5.85. The molecule has 0 aromatic heterocycles. The minimum Gasteiger partial charge on any atom is -0.455 e. The molecular weight excluding hydrogens is 308 g/mol. The van der Waals surface area contributed by atoms with Gasteiger partial charge in [-0.3, -0.25) is 9.35 Å². The van der Waals surface area contributed by atoms with E-state index in [-0.39, 0.29) is 5.41 Å². The van der Waals surface area contributed by atoms with Gasteiger partial charge in [0.25, 0.3) is 10.1 Å². The van der Waals surface area contributed by atoms with Crippen LogP contribution in [0.15, 0.2) is 0 Å². The van der Waals surface area contributed by atoms with Gasteiger partial charge in [0.15, 0.2) is 5.75 Å². The van der Waals surface area contributed by atoms with Gasteiger partial charge >= 0.3 is 5.97 Å². The van der Waals surface area contributed by atoms with Gasteiger partial charge in [-0.2, -0.15) is 8.42 Å². The highest BCUT2D eigenvalue weighted by atomic mass is 32.2. The van der Waals surface area contributed by atoms with Crippen molar-refractivity contribution in [3.63, 3.8) is 0 Å². The first-order valence-corrected chi connectivity index (χ1v) is 9.13. The van der Waals surface area contributed by atoms with Gasteiger partial charge in [-0.05, 0) is 18.3 Å². The molecule has 0 spiro atoms. The summed E-state index contributed by atoms with van der Waals surface area (Å²) in [6.07, 6.45) is 1.84. The average molecular weight is 338 g/mol. The molecule has 1 atom stereocenters. The Hall–Kier alpha value is -0.660. The van der Waals surface area contributed by atoms with Gasteiger partial charge in [0, 0.05) is 5.41 Å². The largest absolute Gasteiger partial charge is 0.455 e. The second kappa shape index (κ2) is 7.27. The minimum absolute atomic E-state index is 0.201. The fourth-order valence-corrected chi connectivity index (χ4v) is 2.69. The summed E-state index contributed by atoms with van der Waals surface area (Å²) >= 11 is 0. The van der Waals surface area contributed by atoms with Gasteiger partial charge in [-0.15, -0.1) is 0 Å². The Kier molecular flexibility index (Phi) is 7.06. The first-order chi connectivity index (χ1) is 9.74. The molecule has 6 nitrogen and oxygen atoms in total. The van der Waals surface area contributed by atoms with E-state index < -0.39 is 39.5 Å². The number of aliphatic hydroxyl groups excluding tert-OH is 1. The molecule has 0 saturated heterocycles. The molecule has 0 aliphatic rings. The topological polar surface area (TPSA) is 101 Å². The Morgan fingerprint density at radius 2 is 1.59 bits per heavy atom. The molecule has 1 unspecified atom stereocenters. The van der Waals surface area contributed by atoms with Gasteiger partial charge < -0.3 is 9.84 Å². The quantitative estimate of drug-likeness (QED) is 0.494. The Morgan fingerprint density at radius 3 is 1.91 bits per heavy atom. The molecule has 0 saturated carbocycles. The molecule has 0 heterocycles. The van der Waals surface area contributed by atoms with E-state index in [1.165, 1.54) is 0 Å². The summed E-state index contributed by atoms with van der Waals surface area (Å²) in [6.45, 7) is 11.3. The van der Waals surface area contributed by atoms with Crippen molar-refractivity contribution in [3.8, 4) is 0 Å². The third-order valence-electron chi connectivity index (χ3n) is 4.70. The lowest BCUT2D eigenvalue weighted by atomic mass is 9.65. The molecule has 7 heteroatoms. The normalized spacial score (nSPS) is 16.2. The van der Waals surface area contributed by atoms with Crippen molar-refractivity contribution in [2.24, 2.45) is 10.8 Å². The van der Waals surface area contributed by atoms with Gasteiger partial charge in [-0.25, -0.2) is 0 Å². The molecule has 0 rings (SSSR count). The van der Waals surface area contributed by atoms with Gasteiger partial charge in [0.1, 0.15) is 5.60 Å². The molecule has 2 N–H and O–H groups in total. The van der Waals surface area contributed by atoms with Gasteiger partial charge in [-0.1, -0.05) is 48.0 Å². The Labute approximate surface area is 134 Å².